The van der Waals surface area contributed by atoms with Gasteiger partial charge in [-0.05, 0) is 33.4 Å². The van der Waals surface area contributed by atoms with Crippen LogP contribution in [0.5, 0.6) is 0 Å². The number of thioether (sulfide) groups is 1. The van der Waals surface area contributed by atoms with E-state index in [0.717, 1.165) is 29.9 Å². The number of anilines is 2. The van der Waals surface area contributed by atoms with Crippen LogP contribution in [0.15, 0.2) is 11.2 Å². The molecule has 20 heavy (non-hydrogen) atoms. The number of unbranched alkanes of at least 4 members (excludes halogenated alkanes) is 2. The van der Waals surface area contributed by atoms with Crippen LogP contribution in [0.4, 0.5) is 11.6 Å². The molecule has 1 rings (SSSR count). The minimum atomic E-state index is 0.450. The molecule has 0 radical (unpaired) electrons. The van der Waals surface area contributed by atoms with Crippen molar-refractivity contribution in [2.75, 3.05) is 29.6 Å². The fourth-order valence-corrected chi connectivity index (χ4v) is 2.47. The van der Waals surface area contributed by atoms with Crippen molar-refractivity contribution in [3.05, 3.63) is 6.07 Å². The fourth-order valence-electron chi connectivity index (χ4n) is 2.09. The number of hydrogen-bond donors (Lipinski definition) is 1. The first kappa shape index (κ1) is 17.1. The second-order valence-electron chi connectivity index (χ2n) is 5.12. The molecule has 0 bridgehead atoms. The molecule has 0 aliphatic heterocycles. The predicted molar refractivity (Wildman–Crippen MR) is 90.0 cm³/mol. The van der Waals surface area contributed by atoms with E-state index >= 15 is 0 Å². The summed E-state index contributed by atoms with van der Waals surface area (Å²) >= 11 is 1.59. The summed E-state index contributed by atoms with van der Waals surface area (Å²) in [6.45, 7) is 10.7. The number of nitrogens with zero attached hydrogens (tertiary/aromatic N) is 3. The monoisotopic (exact) mass is 296 g/mol. The zero-order valence-electron chi connectivity index (χ0n) is 13.4. The molecular formula is C15H28N4S. The van der Waals surface area contributed by atoms with E-state index in [1.165, 1.54) is 19.3 Å². The van der Waals surface area contributed by atoms with E-state index in [4.69, 9.17) is 0 Å². The van der Waals surface area contributed by atoms with Crippen molar-refractivity contribution in [3.63, 3.8) is 0 Å². The molecule has 5 heteroatoms. The SMILES string of the molecule is CCCCCN(c1cc(NCC)nc(SC)n1)C(C)C. The first-order valence-electron chi connectivity index (χ1n) is 7.55. The Morgan fingerprint density at radius 1 is 1.25 bits per heavy atom. The van der Waals surface area contributed by atoms with Gasteiger partial charge in [-0.1, -0.05) is 31.5 Å². The van der Waals surface area contributed by atoms with Crippen LogP contribution in [0, 0.1) is 0 Å². The number of aromatic nitrogens is 2. The van der Waals surface area contributed by atoms with Gasteiger partial charge >= 0.3 is 0 Å². The summed E-state index contributed by atoms with van der Waals surface area (Å²) in [4.78, 5) is 11.5. The smallest absolute Gasteiger partial charge is 0.191 e. The van der Waals surface area contributed by atoms with E-state index in [1.807, 2.05) is 6.26 Å². The zero-order chi connectivity index (χ0) is 15.0. The molecule has 0 aromatic carbocycles. The van der Waals surface area contributed by atoms with Gasteiger partial charge in [-0.25, -0.2) is 9.97 Å². The van der Waals surface area contributed by atoms with Gasteiger partial charge in [-0.2, -0.15) is 0 Å². The molecule has 0 atom stereocenters. The number of nitrogens with one attached hydrogen (secondary N) is 1. The minimum absolute atomic E-state index is 0.450. The van der Waals surface area contributed by atoms with Crippen molar-refractivity contribution in [2.24, 2.45) is 0 Å². The molecule has 1 aromatic rings. The van der Waals surface area contributed by atoms with Crippen LogP contribution < -0.4 is 10.2 Å². The largest absolute Gasteiger partial charge is 0.370 e. The van der Waals surface area contributed by atoms with Crippen LogP contribution >= 0.6 is 11.8 Å². The van der Waals surface area contributed by atoms with E-state index in [1.54, 1.807) is 11.8 Å². The summed E-state index contributed by atoms with van der Waals surface area (Å²) < 4.78 is 0. The lowest BCUT2D eigenvalue weighted by atomic mass is 10.2. The standard InChI is InChI=1S/C15H28N4S/c1-6-8-9-10-19(12(3)4)14-11-13(16-7-2)17-15(18-14)20-5/h11-12H,6-10H2,1-5H3,(H,16,17,18). The Morgan fingerprint density at radius 2 is 2.00 bits per heavy atom. The summed E-state index contributed by atoms with van der Waals surface area (Å²) in [5, 5.41) is 4.13. The highest BCUT2D eigenvalue weighted by molar-refractivity contribution is 7.98. The molecule has 0 saturated carbocycles. The maximum absolute atomic E-state index is 4.67. The van der Waals surface area contributed by atoms with E-state index in [9.17, 15) is 0 Å². The summed E-state index contributed by atoms with van der Waals surface area (Å²) in [5.74, 6) is 1.95. The molecule has 0 aliphatic rings. The van der Waals surface area contributed by atoms with Crippen molar-refractivity contribution in [1.82, 2.24) is 9.97 Å². The quantitative estimate of drug-likeness (QED) is 0.423. The zero-order valence-corrected chi connectivity index (χ0v) is 14.3. The van der Waals surface area contributed by atoms with Crippen molar-refractivity contribution < 1.29 is 0 Å². The van der Waals surface area contributed by atoms with Crippen LogP contribution in [0.25, 0.3) is 0 Å². The highest BCUT2D eigenvalue weighted by atomic mass is 32.2. The van der Waals surface area contributed by atoms with Gasteiger partial charge < -0.3 is 10.2 Å². The van der Waals surface area contributed by atoms with Gasteiger partial charge in [0.15, 0.2) is 5.16 Å². The summed E-state index contributed by atoms with van der Waals surface area (Å²) in [5.41, 5.74) is 0. The Kier molecular flexibility index (Phi) is 7.73. The number of rotatable bonds is 9. The van der Waals surface area contributed by atoms with Crippen molar-refractivity contribution in [2.45, 2.75) is 58.2 Å². The molecule has 0 aliphatic carbocycles. The Hall–Kier alpha value is -0.970. The lowest BCUT2D eigenvalue weighted by Gasteiger charge is -2.28. The van der Waals surface area contributed by atoms with Gasteiger partial charge in [-0.15, -0.1) is 0 Å². The van der Waals surface area contributed by atoms with E-state index in [-0.39, 0.29) is 0 Å². The van der Waals surface area contributed by atoms with Gasteiger partial charge in [0.05, 0.1) is 0 Å². The second kappa shape index (κ2) is 9.06. The third-order valence-electron chi connectivity index (χ3n) is 3.15. The minimum Gasteiger partial charge on any atom is -0.370 e. The van der Waals surface area contributed by atoms with Crippen LogP contribution in [0.1, 0.15) is 47.0 Å². The van der Waals surface area contributed by atoms with Gasteiger partial charge in [0.2, 0.25) is 0 Å². The predicted octanol–water partition coefficient (Wildman–Crippen LogP) is 4.04. The first-order chi connectivity index (χ1) is 9.62. The summed E-state index contributed by atoms with van der Waals surface area (Å²) in [7, 11) is 0. The van der Waals surface area contributed by atoms with Crippen LogP contribution in [-0.4, -0.2) is 35.4 Å². The van der Waals surface area contributed by atoms with E-state index in [2.05, 4.69) is 53.9 Å². The van der Waals surface area contributed by atoms with Crippen molar-refractivity contribution >= 4 is 23.4 Å². The number of hydrogen-bond acceptors (Lipinski definition) is 5. The highest BCUT2D eigenvalue weighted by Crippen LogP contribution is 2.22. The molecule has 1 N–H and O–H groups in total. The molecule has 1 heterocycles. The molecule has 0 fully saturated rings. The van der Waals surface area contributed by atoms with Gasteiger partial charge in [0, 0.05) is 25.2 Å². The maximum atomic E-state index is 4.67. The lowest BCUT2D eigenvalue weighted by molar-refractivity contribution is 0.616. The maximum Gasteiger partial charge on any atom is 0.191 e. The Balaban J connectivity index is 2.95. The van der Waals surface area contributed by atoms with Crippen molar-refractivity contribution in [3.8, 4) is 0 Å². The average molecular weight is 296 g/mol. The third kappa shape index (κ3) is 5.19. The topological polar surface area (TPSA) is 41.0 Å². The van der Waals surface area contributed by atoms with Crippen molar-refractivity contribution in [1.29, 1.82) is 0 Å². The van der Waals surface area contributed by atoms with E-state index in [0.29, 0.717) is 6.04 Å². The van der Waals surface area contributed by atoms with Gasteiger partial charge in [0.25, 0.3) is 0 Å². The lowest BCUT2D eigenvalue weighted by Crippen LogP contribution is -2.32. The third-order valence-corrected chi connectivity index (χ3v) is 3.70. The molecule has 0 amide bonds. The molecule has 114 valence electrons. The van der Waals surface area contributed by atoms with Crippen LogP contribution in [0.2, 0.25) is 0 Å². The normalized spacial score (nSPS) is 10.9. The Labute approximate surface area is 127 Å². The molecule has 0 spiro atoms. The van der Waals surface area contributed by atoms with Crippen LogP contribution in [0.3, 0.4) is 0 Å². The first-order valence-corrected chi connectivity index (χ1v) is 8.78. The van der Waals surface area contributed by atoms with Gasteiger partial charge in [0.1, 0.15) is 11.6 Å². The van der Waals surface area contributed by atoms with Crippen LogP contribution in [-0.2, 0) is 0 Å². The average Bonchev–Trinajstić information content (AvgIpc) is 2.43. The second-order valence-corrected chi connectivity index (χ2v) is 5.90. The molecular weight excluding hydrogens is 268 g/mol. The van der Waals surface area contributed by atoms with E-state index < -0.39 is 0 Å². The molecule has 4 nitrogen and oxygen atoms in total. The van der Waals surface area contributed by atoms with Gasteiger partial charge in [-0.3, -0.25) is 0 Å². The molecule has 1 aromatic heterocycles. The fraction of sp³-hybridized carbons (Fsp3) is 0.733. The molecule has 0 saturated heterocycles. The summed E-state index contributed by atoms with van der Waals surface area (Å²) in [6.07, 6.45) is 5.74. The Morgan fingerprint density at radius 3 is 2.55 bits per heavy atom. The highest BCUT2D eigenvalue weighted by Gasteiger charge is 2.14. The Bertz CT molecular complexity index is 395. The summed E-state index contributed by atoms with van der Waals surface area (Å²) in [6, 6.07) is 2.51. The molecule has 0 unspecified atom stereocenters.